The fourth-order valence-corrected chi connectivity index (χ4v) is 2.37. The van der Waals surface area contributed by atoms with Gasteiger partial charge in [-0.15, -0.1) is 0 Å². The Morgan fingerprint density at radius 2 is 2.00 bits per heavy atom. The van der Waals surface area contributed by atoms with E-state index in [9.17, 15) is 14.4 Å². The topological polar surface area (TPSA) is 102 Å². The second kappa shape index (κ2) is 5.69. The van der Waals surface area contributed by atoms with Gasteiger partial charge in [-0.1, -0.05) is 29.8 Å². The first kappa shape index (κ1) is 15.8. The van der Waals surface area contributed by atoms with Gasteiger partial charge in [-0.2, -0.15) is 0 Å². The summed E-state index contributed by atoms with van der Waals surface area (Å²) in [5.74, 6) is -2.44. The minimum atomic E-state index is -1.60. The number of Topliss-reactive ketones (excluding diaryl/α,β-unsaturated/α-hetero) is 1. The minimum Gasteiger partial charge on any atom is -0.465 e. The predicted molar refractivity (Wildman–Crippen MR) is 74.8 cm³/mol. The lowest BCUT2D eigenvalue weighted by Crippen LogP contribution is -2.32. The molecule has 1 aliphatic rings. The Balaban J connectivity index is 2.48. The van der Waals surface area contributed by atoms with Gasteiger partial charge in [0.25, 0.3) is 5.78 Å². The van der Waals surface area contributed by atoms with Crippen LogP contribution in [0.5, 0.6) is 0 Å². The summed E-state index contributed by atoms with van der Waals surface area (Å²) >= 11 is 6.07. The molecule has 0 saturated heterocycles. The van der Waals surface area contributed by atoms with Crippen LogP contribution in [0.4, 0.5) is 4.79 Å². The molecule has 2 N–H and O–H groups in total. The van der Waals surface area contributed by atoms with E-state index in [1.54, 1.807) is 24.3 Å². The van der Waals surface area contributed by atoms with Gasteiger partial charge in [0, 0.05) is 17.5 Å². The highest BCUT2D eigenvalue weighted by Gasteiger charge is 2.50. The molecule has 116 valence electrons. The number of rotatable bonds is 3. The van der Waals surface area contributed by atoms with Crippen LogP contribution in [0.25, 0.3) is 0 Å². The lowest BCUT2D eigenvalue weighted by molar-refractivity contribution is -0.142. The van der Waals surface area contributed by atoms with Crippen LogP contribution in [-0.2, 0) is 24.7 Å². The van der Waals surface area contributed by atoms with Crippen molar-refractivity contribution in [1.82, 2.24) is 5.32 Å². The number of carbonyl (C=O) groups excluding carboxylic acids is 2. The van der Waals surface area contributed by atoms with Crippen molar-refractivity contribution >= 4 is 29.4 Å². The number of ketones is 1. The third kappa shape index (κ3) is 2.75. The number of hydrogen-bond acceptors (Lipinski definition) is 5. The van der Waals surface area contributed by atoms with Crippen molar-refractivity contribution in [3.8, 4) is 0 Å². The molecular formula is C14H12ClNO6. The third-order valence-corrected chi connectivity index (χ3v) is 3.34. The molecule has 1 aliphatic heterocycles. The lowest BCUT2D eigenvalue weighted by atomic mass is 9.91. The van der Waals surface area contributed by atoms with Gasteiger partial charge in [-0.3, -0.25) is 14.9 Å². The Labute approximate surface area is 130 Å². The number of halogens is 1. The molecule has 1 aromatic rings. The summed E-state index contributed by atoms with van der Waals surface area (Å²) in [6.07, 6.45) is -1.46. The standard InChI is InChI=1S/C14H12ClNO6/c1-7(17)21-10-11(18)14(2,22-12(10)16-13(19)20)8-5-3-4-6-9(8)15/h3-6,16H,1-2H3,(H,19,20). The molecule has 0 aromatic heterocycles. The van der Waals surface area contributed by atoms with Crippen LogP contribution >= 0.6 is 11.6 Å². The lowest BCUT2D eigenvalue weighted by Gasteiger charge is -2.24. The molecule has 8 heteroatoms. The Hall–Kier alpha value is -2.54. The van der Waals surface area contributed by atoms with Crippen molar-refractivity contribution in [3.05, 3.63) is 46.5 Å². The first-order chi connectivity index (χ1) is 10.3. The average Bonchev–Trinajstić information content (AvgIpc) is 2.63. The van der Waals surface area contributed by atoms with Crippen LogP contribution in [0.3, 0.4) is 0 Å². The van der Waals surface area contributed by atoms with E-state index < -0.39 is 35.1 Å². The maximum Gasteiger partial charge on any atom is 0.411 e. The molecule has 7 nitrogen and oxygen atoms in total. The molecule has 22 heavy (non-hydrogen) atoms. The molecule has 0 bridgehead atoms. The summed E-state index contributed by atoms with van der Waals surface area (Å²) in [7, 11) is 0. The van der Waals surface area contributed by atoms with E-state index in [1.165, 1.54) is 6.92 Å². The number of carboxylic acid groups (broad SMARTS) is 1. The first-order valence-electron chi connectivity index (χ1n) is 6.17. The summed E-state index contributed by atoms with van der Waals surface area (Å²) in [6.45, 7) is 2.50. The third-order valence-electron chi connectivity index (χ3n) is 3.01. The molecule has 0 fully saturated rings. The number of hydrogen-bond donors (Lipinski definition) is 2. The molecule has 0 saturated carbocycles. The summed E-state index contributed by atoms with van der Waals surface area (Å²) in [5, 5.41) is 11.0. The van der Waals surface area contributed by atoms with Crippen LogP contribution in [0, 0.1) is 0 Å². The Morgan fingerprint density at radius 3 is 2.55 bits per heavy atom. The Morgan fingerprint density at radius 1 is 1.36 bits per heavy atom. The Bertz CT molecular complexity index is 698. The highest BCUT2D eigenvalue weighted by atomic mass is 35.5. The molecule has 1 unspecified atom stereocenters. The summed E-state index contributed by atoms with van der Waals surface area (Å²) in [5.41, 5.74) is -1.27. The summed E-state index contributed by atoms with van der Waals surface area (Å²) in [6, 6.07) is 6.45. The van der Waals surface area contributed by atoms with Gasteiger partial charge in [-0.25, -0.2) is 4.79 Å². The van der Waals surface area contributed by atoms with Crippen molar-refractivity contribution < 1.29 is 29.0 Å². The molecule has 1 amide bonds. The maximum atomic E-state index is 12.6. The van der Waals surface area contributed by atoms with Gasteiger partial charge in [0.2, 0.25) is 17.2 Å². The monoisotopic (exact) mass is 325 g/mol. The molecule has 0 radical (unpaired) electrons. The van der Waals surface area contributed by atoms with Crippen molar-refractivity contribution in [2.75, 3.05) is 0 Å². The van der Waals surface area contributed by atoms with E-state index in [0.29, 0.717) is 5.56 Å². The normalized spacial score (nSPS) is 20.6. The van der Waals surface area contributed by atoms with E-state index in [1.807, 2.05) is 5.32 Å². The van der Waals surface area contributed by atoms with Gasteiger partial charge >= 0.3 is 12.1 Å². The second-order valence-electron chi connectivity index (χ2n) is 4.63. The van der Waals surface area contributed by atoms with Crippen LogP contribution in [0.1, 0.15) is 19.4 Å². The van der Waals surface area contributed by atoms with Crippen LogP contribution in [0.15, 0.2) is 35.9 Å². The predicted octanol–water partition coefficient (Wildman–Crippen LogP) is 2.15. The van der Waals surface area contributed by atoms with Crippen LogP contribution in [0.2, 0.25) is 5.02 Å². The molecule has 0 aliphatic carbocycles. The number of amides is 1. The number of ether oxygens (including phenoxy) is 2. The Kier molecular flexibility index (Phi) is 4.09. The van der Waals surface area contributed by atoms with Gasteiger partial charge < -0.3 is 14.6 Å². The van der Waals surface area contributed by atoms with Crippen molar-refractivity contribution in [2.45, 2.75) is 19.4 Å². The van der Waals surface area contributed by atoms with E-state index in [4.69, 9.17) is 26.2 Å². The van der Waals surface area contributed by atoms with Crippen molar-refractivity contribution in [2.24, 2.45) is 0 Å². The molecule has 1 heterocycles. The number of nitrogens with one attached hydrogen (secondary N) is 1. The quantitative estimate of drug-likeness (QED) is 0.826. The highest BCUT2D eigenvalue weighted by molar-refractivity contribution is 6.32. The minimum absolute atomic E-state index is 0.261. The summed E-state index contributed by atoms with van der Waals surface area (Å²) in [4.78, 5) is 34.5. The van der Waals surface area contributed by atoms with Crippen molar-refractivity contribution in [1.29, 1.82) is 0 Å². The zero-order valence-electron chi connectivity index (χ0n) is 11.7. The maximum absolute atomic E-state index is 12.6. The van der Waals surface area contributed by atoms with Crippen molar-refractivity contribution in [3.63, 3.8) is 0 Å². The van der Waals surface area contributed by atoms with Gasteiger partial charge in [0.1, 0.15) is 0 Å². The highest BCUT2D eigenvalue weighted by Crippen LogP contribution is 2.41. The molecule has 1 aromatic carbocycles. The SMILES string of the molecule is CC(=O)OC1=C(NC(=O)O)OC(C)(c2ccccc2Cl)C1=O. The molecule has 0 spiro atoms. The number of benzene rings is 1. The molecule has 2 rings (SSSR count). The van der Waals surface area contributed by atoms with Crippen LogP contribution < -0.4 is 5.32 Å². The zero-order valence-corrected chi connectivity index (χ0v) is 12.4. The smallest absolute Gasteiger partial charge is 0.411 e. The largest absolute Gasteiger partial charge is 0.465 e. The molecular weight excluding hydrogens is 314 g/mol. The van der Waals surface area contributed by atoms with Gasteiger partial charge in [0.15, 0.2) is 0 Å². The fourth-order valence-electron chi connectivity index (χ4n) is 2.06. The van der Waals surface area contributed by atoms with Gasteiger partial charge in [-0.05, 0) is 13.0 Å². The summed E-state index contributed by atoms with van der Waals surface area (Å²) < 4.78 is 10.2. The number of esters is 1. The van der Waals surface area contributed by atoms with Gasteiger partial charge in [0.05, 0.1) is 0 Å². The molecule has 1 atom stereocenters. The van der Waals surface area contributed by atoms with E-state index in [-0.39, 0.29) is 5.02 Å². The fraction of sp³-hybridized carbons (Fsp3) is 0.214. The average molecular weight is 326 g/mol. The van der Waals surface area contributed by atoms with E-state index in [2.05, 4.69) is 0 Å². The van der Waals surface area contributed by atoms with E-state index in [0.717, 1.165) is 6.92 Å². The first-order valence-corrected chi connectivity index (χ1v) is 6.55. The van der Waals surface area contributed by atoms with Crippen LogP contribution in [-0.4, -0.2) is 23.0 Å². The van der Waals surface area contributed by atoms with E-state index >= 15 is 0 Å². The number of carbonyl (C=O) groups is 3. The second-order valence-corrected chi connectivity index (χ2v) is 5.03. The zero-order chi connectivity index (χ0) is 16.5.